The first-order valence-electron chi connectivity index (χ1n) is 17.6. The summed E-state index contributed by atoms with van der Waals surface area (Å²) in [7, 11) is 3.19. The van der Waals surface area contributed by atoms with Gasteiger partial charge in [-0.1, -0.05) is 86.7 Å². The quantitative estimate of drug-likeness (QED) is 0.0858. The number of urea groups is 1. The van der Waals surface area contributed by atoms with Crippen molar-refractivity contribution in [1.82, 2.24) is 9.80 Å². The molecule has 1 saturated heterocycles. The van der Waals surface area contributed by atoms with Crippen molar-refractivity contribution in [2.75, 3.05) is 26.0 Å². The Morgan fingerprint density at radius 2 is 1.57 bits per heavy atom. The molecule has 1 aliphatic heterocycles. The fourth-order valence-corrected chi connectivity index (χ4v) is 5.21. The molecule has 5 amide bonds. The van der Waals surface area contributed by atoms with Crippen LogP contribution in [-0.2, 0) is 23.9 Å². The Kier molecular flexibility index (Phi) is 19.1. The van der Waals surface area contributed by atoms with E-state index in [9.17, 15) is 28.8 Å². The van der Waals surface area contributed by atoms with Crippen LogP contribution in [0, 0.1) is 46.7 Å². The third-order valence-electron chi connectivity index (χ3n) is 8.07. The summed E-state index contributed by atoms with van der Waals surface area (Å²) in [6.07, 6.45) is 7.29. The minimum absolute atomic E-state index is 0. The predicted octanol–water partition coefficient (Wildman–Crippen LogP) is 7.27. The number of cyclic esters (lactones) is 1. The van der Waals surface area contributed by atoms with Crippen molar-refractivity contribution in [3.05, 3.63) is 29.1 Å². The molecule has 1 aliphatic rings. The first-order valence-corrected chi connectivity index (χ1v) is 17.6. The molecule has 14 heteroatoms. The predicted molar refractivity (Wildman–Crippen MR) is 190 cm³/mol. The van der Waals surface area contributed by atoms with Crippen LogP contribution in [-0.4, -0.2) is 90.0 Å². The number of ether oxygens (including phenoxy) is 3. The standard InChI is InChI=1S/C37H58N4O9.Pr/c1-11-12-13-14-15-16-17-18-19-26(23-38-34(46)40(9)10)49-32(44)25-20-21-27(28(22-25)48-24(2)3)39-31(43)29(30(42)36(4,5)6)41-33(45)37(7,8)50-35(41)47;/h20-22,24,26,29H,11-19,23H2,1-10H3,(H2,38,39,43,44,46);/q;+3/p-1. The van der Waals surface area contributed by atoms with Crippen molar-refractivity contribution in [2.24, 2.45) is 5.41 Å². The second-order valence-electron chi connectivity index (χ2n) is 14.7. The van der Waals surface area contributed by atoms with Gasteiger partial charge in [-0.2, -0.15) is 0 Å². The molecule has 0 aromatic heterocycles. The maximum atomic E-state index is 13.8. The fourth-order valence-electron chi connectivity index (χ4n) is 5.21. The molecule has 13 nitrogen and oxygen atoms in total. The molecular formula is C37H57N4O9Pr+2. The van der Waals surface area contributed by atoms with E-state index in [1.165, 1.54) is 62.6 Å². The average molecular weight is 843 g/mol. The van der Waals surface area contributed by atoms with E-state index in [1.54, 1.807) is 48.7 Å². The van der Waals surface area contributed by atoms with Gasteiger partial charge in [-0.05, 0) is 65.3 Å². The van der Waals surface area contributed by atoms with Crippen molar-refractivity contribution >= 4 is 41.4 Å². The number of Topliss-reactive ketones (excluding diaryl/α,β-unsaturated/α-hetero) is 1. The van der Waals surface area contributed by atoms with E-state index in [0.717, 1.165) is 25.7 Å². The number of rotatable bonds is 19. The molecule has 0 aliphatic carbocycles. The molecular weight excluding hydrogens is 785 g/mol. The van der Waals surface area contributed by atoms with Gasteiger partial charge in [0, 0.05) is 5.41 Å². The number of amides is 5. The second kappa shape index (κ2) is 21.0. The first-order chi connectivity index (χ1) is 23.3. The Balaban J connectivity index is 0.0000130. The number of nitrogens with zero attached hydrogens (tertiary/aromatic N) is 3. The number of hydrogen-bond acceptors (Lipinski definition) is 9. The van der Waals surface area contributed by atoms with E-state index in [2.05, 4.69) is 17.6 Å². The van der Waals surface area contributed by atoms with Crippen LogP contribution < -0.4 is 10.1 Å². The molecule has 1 heterocycles. The number of esters is 1. The van der Waals surface area contributed by atoms with Crippen LogP contribution in [0.5, 0.6) is 5.75 Å². The molecule has 2 rings (SSSR count). The number of imide groups is 1. The Morgan fingerprint density at radius 1 is 0.980 bits per heavy atom. The third-order valence-corrected chi connectivity index (χ3v) is 8.07. The SMILES string of the molecule is CCCCCCCCCCC(C[N-]C(=O)N(C)C)OC(=O)c1ccc(NC(=O)C(C(=O)C(C)(C)C)N2C(=O)OC(C)(C)C2=O)c(OC(C)C)c1.[Pr+3]. The summed E-state index contributed by atoms with van der Waals surface area (Å²) >= 11 is 0. The largest absolute Gasteiger partial charge is 3.00 e. The summed E-state index contributed by atoms with van der Waals surface area (Å²) in [6.45, 7) is 13.2. The number of carbonyl (C=O) groups excluding carboxylic acids is 6. The van der Waals surface area contributed by atoms with Gasteiger partial charge >= 0.3 is 53.4 Å². The van der Waals surface area contributed by atoms with Crippen LogP contribution in [0.15, 0.2) is 18.2 Å². The maximum Gasteiger partial charge on any atom is 3.00 e. The molecule has 1 aromatic rings. The Hall–Kier alpha value is -2.80. The maximum absolute atomic E-state index is 13.8. The van der Waals surface area contributed by atoms with E-state index in [4.69, 9.17) is 14.2 Å². The molecule has 51 heavy (non-hydrogen) atoms. The number of unbranched alkanes of at least 4 members (excludes halogenated alkanes) is 7. The van der Waals surface area contributed by atoms with E-state index in [-0.39, 0.29) is 70.9 Å². The van der Waals surface area contributed by atoms with Gasteiger partial charge in [0.1, 0.15) is 11.9 Å². The zero-order valence-electron chi connectivity index (χ0n) is 32.1. The molecule has 1 fully saturated rings. The topological polar surface area (TPSA) is 163 Å². The minimum Gasteiger partial charge on any atom is -0.489 e. The van der Waals surface area contributed by atoms with Crippen LogP contribution in [0.25, 0.3) is 5.32 Å². The van der Waals surface area contributed by atoms with E-state index < -0.39 is 58.9 Å². The second-order valence-corrected chi connectivity index (χ2v) is 14.7. The van der Waals surface area contributed by atoms with Gasteiger partial charge in [-0.25, -0.2) is 14.5 Å². The molecule has 280 valence electrons. The summed E-state index contributed by atoms with van der Waals surface area (Å²) < 4.78 is 16.9. The molecule has 0 radical (unpaired) electrons. The van der Waals surface area contributed by atoms with Crippen molar-refractivity contribution in [1.29, 1.82) is 0 Å². The normalized spacial score (nSPS) is 15.0. The van der Waals surface area contributed by atoms with Crippen LogP contribution in [0.1, 0.15) is 124 Å². The Morgan fingerprint density at radius 3 is 2.08 bits per heavy atom. The summed E-state index contributed by atoms with van der Waals surface area (Å²) in [5.41, 5.74) is -2.43. The molecule has 2 unspecified atom stereocenters. The van der Waals surface area contributed by atoms with Gasteiger partial charge in [0.15, 0.2) is 23.5 Å². The van der Waals surface area contributed by atoms with E-state index in [0.29, 0.717) is 11.3 Å². The Bertz CT molecular complexity index is 1370. The van der Waals surface area contributed by atoms with Gasteiger partial charge in [0.05, 0.1) is 17.4 Å². The molecule has 2 atom stereocenters. The molecule has 0 bridgehead atoms. The van der Waals surface area contributed by atoms with Gasteiger partial charge in [0.25, 0.3) is 11.8 Å². The van der Waals surface area contributed by atoms with Gasteiger partial charge < -0.3 is 29.7 Å². The van der Waals surface area contributed by atoms with Gasteiger partial charge in [0.2, 0.25) is 0 Å². The number of benzene rings is 1. The van der Waals surface area contributed by atoms with Crippen molar-refractivity contribution in [3.63, 3.8) is 0 Å². The van der Waals surface area contributed by atoms with Crippen LogP contribution >= 0.6 is 0 Å². The summed E-state index contributed by atoms with van der Waals surface area (Å²) in [5.74, 6) is -3.01. The molecule has 1 N–H and O–H groups in total. The Labute approximate surface area is 336 Å². The molecule has 0 spiro atoms. The van der Waals surface area contributed by atoms with Crippen molar-refractivity contribution in [2.45, 2.75) is 137 Å². The third kappa shape index (κ3) is 14.3. The zero-order chi connectivity index (χ0) is 37.8. The number of carbonyl (C=O) groups is 6. The van der Waals surface area contributed by atoms with Crippen molar-refractivity contribution in [3.8, 4) is 5.75 Å². The number of anilines is 1. The summed E-state index contributed by atoms with van der Waals surface area (Å²) in [4.78, 5) is 80.6. The number of ketones is 1. The number of hydrogen-bond donors (Lipinski definition) is 1. The van der Waals surface area contributed by atoms with Gasteiger partial charge in [-0.3, -0.25) is 19.2 Å². The van der Waals surface area contributed by atoms with Crippen LogP contribution in [0.3, 0.4) is 0 Å². The van der Waals surface area contributed by atoms with Crippen molar-refractivity contribution < 1.29 is 84.3 Å². The minimum atomic E-state index is -1.82. The van der Waals surface area contributed by atoms with Gasteiger partial charge in [-0.15, -0.1) is 0 Å². The fraction of sp³-hybridized carbons (Fsp3) is 0.676. The monoisotopic (exact) mass is 842 g/mol. The van der Waals surface area contributed by atoms with Crippen LogP contribution in [0.4, 0.5) is 15.3 Å². The number of nitrogens with one attached hydrogen (secondary N) is 1. The average Bonchev–Trinajstić information content (AvgIpc) is 3.22. The van der Waals surface area contributed by atoms with Crippen LogP contribution in [0.2, 0.25) is 0 Å². The zero-order valence-corrected chi connectivity index (χ0v) is 35.8. The molecule has 1 aromatic carbocycles. The van der Waals surface area contributed by atoms with E-state index >= 15 is 0 Å². The smallest absolute Gasteiger partial charge is 0.489 e. The van der Waals surface area contributed by atoms with E-state index in [1.807, 2.05) is 0 Å². The summed E-state index contributed by atoms with van der Waals surface area (Å²) in [6, 6.07) is 2.02. The summed E-state index contributed by atoms with van der Waals surface area (Å²) in [5, 5.41) is 6.70. The first kappa shape index (κ1) is 46.2. The molecule has 0 saturated carbocycles.